The third kappa shape index (κ3) is 2.97. The van der Waals surface area contributed by atoms with Crippen molar-refractivity contribution in [1.29, 1.82) is 0 Å². The van der Waals surface area contributed by atoms with Gasteiger partial charge in [0.2, 0.25) is 0 Å². The van der Waals surface area contributed by atoms with Gasteiger partial charge < -0.3 is 17.0 Å². The predicted octanol–water partition coefficient (Wildman–Crippen LogP) is -0.658. The van der Waals surface area contributed by atoms with Gasteiger partial charge in [0.15, 0.2) is 0 Å². The zero-order valence-corrected chi connectivity index (χ0v) is 12.2. The molecule has 0 radical (unpaired) electrons. The Morgan fingerprint density at radius 1 is 1.30 bits per heavy atom. The summed E-state index contributed by atoms with van der Waals surface area (Å²) in [7, 11) is 0. The topological polar surface area (TPSA) is 0 Å². The van der Waals surface area contributed by atoms with E-state index in [-0.39, 0.29) is 17.0 Å². The zero-order chi connectivity index (χ0) is 6.69. The van der Waals surface area contributed by atoms with E-state index in [1.54, 1.807) is 0 Å². The van der Waals surface area contributed by atoms with Crippen LogP contribution in [-0.2, 0) is 23.3 Å². The average molecular weight is 362 g/mol. The quantitative estimate of drug-likeness (QED) is 0.460. The molecule has 0 nitrogen and oxygen atoms in total. The van der Waals surface area contributed by atoms with E-state index >= 15 is 0 Å². The average Bonchev–Trinajstić information content (AvgIpc) is 1.89. The molecule has 1 aromatic carbocycles. The van der Waals surface area contributed by atoms with Crippen LogP contribution in [0.25, 0.3) is 0 Å². The summed E-state index contributed by atoms with van der Waals surface area (Å²) < 4.78 is 1.40. The van der Waals surface area contributed by atoms with Crippen molar-refractivity contribution >= 4 is 22.6 Å². The number of hydrogen-bond acceptors (Lipinski definition) is 0. The van der Waals surface area contributed by atoms with Crippen molar-refractivity contribution in [3.63, 3.8) is 0 Å². The van der Waals surface area contributed by atoms with Crippen molar-refractivity contribution < 1.29 is 35.3 Å². The molecular formula is C7H6BrIZn. The van der Waals surface area contributed by atoms with Crippen molar-refractivity contribution in [3.05, 3.63) is 33.4 Å². The Kier molecular flexibility index (Phi) is 6.27. The van der Waals surface area contributed by atoms with Crippen LogP contribution in [-0.4, -0.2) is 0 Å². The van der Waals surface area contributed by atoms with Crippen LogP contribution in [0.5, 0.6) is 0 Å². The van der Waals surface area contributed by atoms with Gasteiger partial charge in [-0.15, -0.1) is 0 Å². The van der Waals surface area contributed by atoms with Crippen molar-refractivity contribution in [3.8, 4) is 0 Å². The van der Waals surface area contributed by atoms with E-state index in [4.69, 9.17) is 0 Å². The van der Waals surface area contributed by atoms with Crippen molar-refractivity contribution in [2.75, 3.05) is 0 Å². The molecule has 50 valence electrons. The molecule has 0 aromatic heterocycles. The molecule has 0 aliphatic heterocycles. The Balaban J connectivity index is 0.000000810. The maximum absolute atomic E-state index is 2.38. The molecule has 0 saturated carbocycles. The van der Waals surface area contributed by atoms with E-state index in [0.717, 1.165) is 0 Å². The van der Waals surface area contributed by atoms with Crippen LogP contribution in [0.1, 0.15) is 5.56 Å². The van der Waals surface area contributed by atoms with Crippen molar-refractivity contribution in [1.82, 2.24) is 0 Å². The molecular weight excluding hydrogens is 356 g/mol. The van der Waals surface area contributed by atoms with E-state index < -0.39 is 0 Å². The third-order valence-electron chi connectivity index (χ3n) is 1.23. The molecule has 10 heavy (non-hydrogen) atoms. The first-order valence-corrected chi connectivity index (χ1v) is 6.05. The summed E-state index contributed by atoms with van der Waals surface area (Å²) >= 11 is 3.74. The Morgan fingerprint density at radius 3 is 2.30 bits per heavy atom. The molecule has 0 aliphatic rings. The van der Waals surface area contributed by atoms with Crippen LogP contribution < -0.4 is 17.0 Å². The van der Waals surface area contributed by atoms with Gasteiger partial charge in [-0.05, 0) is 0 Å². The summed E-state index contributed by atoms with van der Waals surface area (Å²) in [6.45, 7) is 0. The molecule has 0 spiro atoms. The number of halogens is 2. The van der Waals surface area contributed by atoms with Gasteiger partial charge in [-0.1, -0.05) is 0 Å². The van der Waals surface area contributed by atoms with Crippen LogP contribution in [0, 0.1) is 3.57 Å². The minimum atomic E-state index is 0. The number of rotatable bonds is 1. The van der Waals surface area contributed by atoms with E-state index in [0.29, 0.717) is 0 Å². The van der Waals surface area contributed by atoms with Crippen LogP contribution in [0.3, 0.4) is 0 Å². The summed E-state index contributed by atoms with van der Waals surface area (Å²) in [6, 6.07) is 8.55. The molecule has 0 atom stereocenters. The fourth-order valence-electron chi connectivity index (χ4n) is 0.701. The first kappa shape index (κ1) is 11.1. The Bertz CT molecular complexity index is 203. The number of hydrogen-bond donors (Lipinski definition) is 0. The van der Waals surface area contributed by atoms with E-state index in [1.807, 2.05) is 0 Å². The Labute approximate surface area is 95.4 Å². The predicted molar refractivity (Wildman–Crippen MR) is 42.9 cm³/mol. The van der Waals surface area contributed by atoms with Crippen molar-refractivity contribution in [2.24, 2.45) is 0 Å². The van der Waals surface area contributed by atoms with Gasteiger partial charge in [-0.3, -0.25) is 0 Å². The molecule has 3 heteroatoms. The molecule has 0 fully saturated rings. The summed E-state index contributed by atoms with van der Waals surface area (Å²) in [5.74, 6) is 0. The van der Waals surface area contributed by atoms with Crippen LogP contribution in [0.4, 0.5) is 0 Å². The molecule has 0 N–H and O–H groups in total. The second-order valence-corrected chi connectivity index (χ2v) is 4.05. The van der Waals surface area contributed by atoms with E-state index in [9.17, 15) is 0 Å². The normalized spacial score (nSPS) is 8.70. The second kappa shape index (κ2) is 5.67. The van der Waals surface area contributed by atoms with Crippen LogP contribution in [0.2, 0.25) is 0 Å². The van der Waals surface area contributed by atoms with Gasteiger partial charge in [0.05, 0.1) is 0 Å². The van der Waals surface area contributed by atoms with Gasteiger partial charge in [-0.2, -0.15) is 0 Å². The maximum atomic E-state index is 2.38. The fraction of sp³-hybridized carbons (Fsp3) is 0.143. The molecule has 1 aromatic rings. The fourth-order valence-corrected chi connectivity index (χ4v) is 3.34. The second-order valence-electron chi connectivity index (χ2n) is 1.84. The van der Waals surface area contributed by atoms with Crippen LogP contribution >= 0.6 is 22.6 Å². The zero-order valence-electron chi connectivity index (χ0n) is 5.48. The van der Waals surface area contributed by atoms with E-state index in [1.165, 1.54) is 32.5 Å². The first-order chi connectivity index (χ1) is 4.34. The molecule has 0 amide bonds. The van der Waals surface area contributed by atoms with Gasteiger partial charge in [0.1, 0.15) is 0 Å². The monoisotopic (exact) mass is 360 g/mol. The van der Waals surface area contributed by atoms with Gasteiger partial charge in [0, 0.05) is 0 Å². The Hall–Kier alpha value is 1.05. The third-order valence-corrected chi connectivity index (χ3v) is 3.41. The molecule has 0 unspecified atom stereocenters. The van der Waals surface area contributed by atoms with Gasteiger partial charge in [0.25, 0.3) is 0 Å². The summed E-state index contributed by atoms with van der Waals surface area (Å²) in [6.07, 6.45) is 0. The Morgan fingerprint density at radius 2 is 1.90 bits per heavy atom. The van der Waals surface area contributed by atoms with E-state index in [2.05, 4.69) is 46.9 Å². The summed E-state index contributed by atoms with van der Waals surface area (Å²) in [4.78, 5) is 0. The minimum absolute atomic E-state index is 0. The van der Waals surface area contributed by atoms with Crippen LogP contribution in [0.15, 0.2) is 24.3 Å². The molecule has 0 aliphatic carbocycles. The standard InChI is InChI=1S/C7H6I.BrH.Zn/c1-6-4-2-3-5-7(6)8;;/h2-5H,1H2;1H;/q;;+1/p-1. The number of benzene rings is 1. The summed E-state index contributed by atoms with van der Waals surface area (Å²) in [5, 5.41) is 1.26. The van der Waals surface area contributed by atoms with Gasteiger partial charge in [-0.25, -0.2) is 0 Å². The molecule has 0 heterocycles. The SMILES string of the molecule is [Br-].[Zn+][CH2]c1ccccc1I. The molecule has 1 rings (SSSR count). The first-order valence-electron chi connectivity index (χ1n) is 2.87. The van der Waals surface area contributed by atoms with Gasteiger partial charge >= 0.3 is 79.3 Å². The molecule has 0 saturated heterocycles. The summed E-state index contributed by atoms with van der Waals surface area (Å²) in [5.41, 5.74) is 1.50. The van der Waals surface area contributed by atoms with Crippen molar-refractivity contribution in [2.45, 2.75) is 5.02 Å². The molecule has 0 bridgehead atoms.